The SMILES string of the molecule is OCC1(CN2CC(c3c(O)ccc(Cl)c3Cl)CC2=S)CC1. The lowest BCUT2D eigenvalue weighted by molar-refractivity contribution is 0.184. The molecule has 1 unspecified atom stereocenters. The van der Waals surface area contributed by atoms with Gasteiger partial charge in [0.2, 0.25) is 0 Å². The van der Waals surface area contributed by atoms with Crippen LogP contribution in [0.15, 0.2) is 12.1 Å². The Bertz CT molecular complexity index is 589. The Morgan fingerprint density at radius 1 is 1.33 bits per heavy atom. The van der Waals surface area contributed by atoms with E-state index in [1.165, 1.54) is 0 Å². The highest BCUT2D eigenvalue weighted by Gasteiger charge is 2.45. The van der Waals surface area contributed by atoms with E-state index in [9.17, 15) is 10.2 Å². The van der Waals surface area contributed by atoms with Crippen LogP contribution < -0.4 is 0 Å². The maximum atomic E-state index is 10.1. The largest absolute Gasteiger partial charge is 0.508 e. The van der Waals surface area contributed by atoms with E-state index in [1.54, 1.807) is 12.1 Å². The lowest BCUT2D eigenvalue weighted by Crippen LogP contribution is -2.32. The van der Waals surface area contributed by atoms with Crippen molar-refractivity contribution in [3.8, 4) is 5.75 Å². The summed E-state index contributed by atoms with van der Waals surface area (Å²) in [7, 11) is 0. The number of likely N-dealkylation sites (tertiary alicyclic amines) is 1. The highest BCUT2D eigenvalue weighted by Crippen LogP contribution is 2.48. The first-order chi connectivity index (χ1) is 9.96. The lowest BCUT2D eigenvalue weighted by atomic mass is 9.97. The van der Waals surface area contributed by atoms with E-state index in [4.69, 9.17) is 35.4 Å². The van der Waals surface area contributed by atoms with Crippen LogP contribution in [0.3, 0.4) is 0 Å². The minimum absolute atomic E-state index is 0.0269. The first-order valence-electron chi connectivity index (χ1n) is 7.01. The zero-order valence-electron chi connectivity index (χ0n) is 11.5. The molecular formula is C15H17Cl2NO2S. The van der Waals surface area contributed by atoms with E-state index in [2.05, 4.69) is 4.90 Å². The van der Waals surface area contributed by atoms with E-state index in [1.807, 2.05) is 0 Å². The number of aromatic hydroxyl groups is 1. The molecule has 2 fully saturated rings. The molecule has 1 aromatic rings. The Morgan fingerprint density at radius 2 is 2.05 bits per heavy atom. The van der Waals surface area contributed by atoms with Crippen molar-refractivity contribution >= 4 is 40.4 Å². The molecule has 0 radical (unpaired) electrons. The normalized spacial score (nSPS) is 23.7. The van der Waals surface area contributed by atoms with Crippen LogP contribution in [0, 0.1) is 5.41 Å². The number of aliphatic hydroxyl groups excluding tert-OH is 1. The molecule has 1 aliphatic carbocycles. The van der Waals surface area contributed by atoms with Gasteiger partial charge in [-0.05, 0) is 25.0 Å². The molecule has 1 saturated carbocycles. The fraction of sp³-hybridized carbons (Fsp3) is 0.533. The molecule has 1 atom stereocenters. The van der Waals surface area contributed by atoms with Gasteiger partial charge in [0.05, 0.1) is 21.6 Å². The second-order valence-corrected chi connectivity index (χ2v) is 7.38. The number of hydrogen-bond donors (Lipinski definition) is 2. The zero-order chi connectivity index (χ0) is 15.2. The number of halogens is 2. The molecule has 2 aliphatic rings. The standard InChI is InChI=1S/C15H17Cl2NO2S/c16-10-1-2-11(20)13(14(10)17)9-5-12(21)18(6-9)7-15(8-19)3-4-15/h1-2,9,19-20H,3-8H2. The van der Waals surface area contributed by atoms with Crippen LogP contribution in [0.1, 0.15) is 30.7 Å². The summed E-state index contributed by atoms with van der Waals surface area (Å²) in [5.74, 6) is 0.223. The van der Waals surface area contributed by atoms with Crippen molar-refractivity contribution in [1.82, 2.24) is 4.90 Å². The van der Waals surface area contributed by atoms with Crippen molar-refractivity contribution in [2.24, 2.45) is 5.41 Å². The molecule has 2 N–H and O–H groups in total. The van der Waals surface area contributed by atoms with Crippen molar-refractivity contribution in [2.75, 3.05) is 19.7 Å². The number of rotatable bonds is 4. The monoisotopic (exact) mass is 345 g/mol. The van der Waals surface area contributed by atoms with Gasteiger partial charge >= 0.3 is 0 Å². The van der Waals surface area contributed by atoms with Crippen LogP contribution in [0.5, 0.6) is 5.75 Å². The third kappa shape index (κ3) is 2.87. The number of aliphatic hydroxyl groups is 1. The van der Waals surface area contributed by atoms with Gasteiger partial charge in [-0.2, -0.15) is 0 Å². The molecule has 3 nitrogen and oxygen atoms in total. The third-order valence-corrected chi connectivity index (χ3v) is 5.79. The summed E-state index contributed by atoms with van der Waals surface area (Å²) in [5, 5.41) is 20.4. The summed E-state index contributed by atoms with van der Waals surface area (Å²) in [6.07, 6.45) is 2.79. The number of phenolic OH excluding ortho intramolecular Hbond substituents is 1. The molecule has 1 saturated heterocycles. The van der Waals surface area contributed by atoms with Gasteiger partial charge in [0.1, 0.15) is 5.75 Å². The van der Waals surface area contributed by atoms with Crippen LogP contribution in [-0.2, 0) is 0 Å². The lowest BCUT2D eigenvalue weighted by Gasteiger charge is -2.24. The summed E-state index contributed by atoms with van der Waals surface area (Å²) >= 11 is 17.8. The molecule has 114 valence electrons. The van der Waals surface area contributed by atoms with Gasteiger partial charge in [0.25, 0.3) is 0 Å². The van der Waals surface area contributed by atoms with Gasteiger partial charge in [-0.1, -0.05) is 35.4 Å². The van der Waals surface area contributed by atoms with Crippen molar-refractivity contribution in [3.63, 3.8) is 0 Å². The average Bonchev–Trinajstić information content (AvgIpc) is 3.14. The Hall–Kier alpha value is -0.550. The summed E-state index contributed by atoms with van der Waals surface area (Å²) in [4.78, 5) is 3.01. The van der Waals surface area contributed by atoms with Crippen molar-refractivity contribution < 1.29 is 10.2 Å². The maximum Gasteiger partial charge on any atom is 0.120 e. The van der Waals surface area contributed by atoms with E-state index in [0.717, 1.165) is 24.4 Å². The number of hydrogen-bond acceptors (Lipinski definition) is 3. The highest BCUT2D eigenvalue weighted by atomic mass is 35.5. The van der Waals surface area contributed by atoms with E-state index >= 15 is 0 Å². The predicted molar refractivity (Wildman–Crippen MR) is 88.4 cm³/mol. The predicted octanol–water partition coefficient (Wildman–Crippen LogP) is 3.59. The molecular weight excluding hydrogens is 329 g/mol. The van der Waals surface area contributed by atoms with Crippen LogP contribution in [-0.4, -0.2) is 39.8 Å². The second kappa shape index (κ2) is 5.58. The van der Waals surface area contributed by atoms with Gasteiger partial charge in [-0.25, -0.2) is 0 Å². The molecule has 0 spiro atoms. The zero-order valence-corrected chi connectivity index (χ0v) is 13.8. The van der Waals surface area contributed by atoms with Crippen LogP contribution >= 0.6 is 35.4 Å². The minimum atomic E-state index is 0.0269. The van der Waals surface area contributed by atoms with Crippen molar-refractivity contribution in [3.05, 3.63) is 27.7 Å². The van der Waals surface area contributed by atoms with Crippen molar-refractivity contribution in [1.29, 1.82) is 0 Å². The van der Waals surface area contributed by atoms with E-state index < -0.39 is 0 Å². The molecule has 6 heteroatoms. The van der Waals surface area contributed by atoms with E-state index in [0.29, 0.717) is 28.6 Å². The Labute approximate surface area is 139 Å². The van der Waals surface area contributed by atoms with E-state index in [-0.39, 0.29) is 23.7 Å². The van der Waals surface area contributed by atoms with Crippen LogP contribution in [0.4, 0.5) is 0 Å². The summed E-state index contributed by atoms with van der Waals surface area (Å²) in [6, 6.07) is 3.17. The molecule has 1 aromatic carbocycles. The molecule has 0 amide bonds. The third-order valence-electron chi connectivity index (χ3n) is 4.55. The van der Waals surface area contributed by atoms with Gasteiger partial charge in [-0.15, -0.1) is 0 Å². The van der Waals surface area contributed by atoms with Gasteiger partial charge in [0, 0.05) is 36.4 Å². The van der Waals surface area contributed by atoms with Gasteiger partial charge in [0.15, 0.2) is 0 Å². The van der Waals surface area contributed by atoms with Crippen molar-refractivity contribution in [2.45, 2.75) is 25.2 Å². The Kier molecular flexibility index (Phi) is 4.08. The highest BCUT2D eigenvalue weighted by molar-refractivity contribution is 7.80. The smallest absolute Gasteiger partial charge is 0.120 e. The van der Waals surface area contributed by atoms with Crippen LogP contribution in [0.2, 0.25) is 10.0 Å². The summed E-state index contributed by atoms with van der Waals surface area (Å²) in [5.41, 5.74) is 0.710. The van der Waals surface area contributed by atoms with Gasteiger partial charge < -0.3 is 15.1 Å². The van der Waals surface area contributed by atoms with Gasteiger partial charge in [-0.3, -0.25) is 0 Å². The quantitative estimate of drug-likeness (QED) is 0.818. The second-order valence-electron chi connectivity index (χ2n) is 6.13. The minimum Gasteiger partial charge on any atom is -0.508 e. The van der Waals surface area contributed by atoms with Crippen LogP contribution in [0.25, 0.3) is 0 Å². The number of phenols is 1. The molecule has 1 aliphatic heterocycles. The topological polar surface area (TPSA) is 43.7 Å². The molecule has 1 heterocycles. The number of thiocarbonyl (C=S) groups is 1. The summed E-state index contributed by atoms with van der Waals surface area (Å²) < 4.78 is 0. The Balaban J connectivity index is 1.80. The number of nitrogens with zero attached hydrogens (tertiary/aromatic N) is 1. The first kappa shape index (κ1) is 15.3. The Morgan fingerprint density at radius 3 is 2.67 bits per heavy atom. The molecule has 21 heavy (non-hydrogen) atoms. The average molecular weight is 346 g/mol. The number of benzene rings is 1. The molecule has 3 rings (SSSR count). The fourth-order valence-corrected chi connectivity index (χ4v) is 3.83. The summed E-state index contributed by atoms with van der Waals surface area (Å²) in [6.45, 7) is 1.71. The molecule has 0 bridgehead atoms. The first-order valence-corrected chi connectivity index (χ1v) is 8.18. The maximum absolute atomic E-state index is 10.1. The molecule has 0 aromatic heterocycles. The fourth-order valence-electron chi connectivity index (χ4n) is 3.01.